The van der Waals surface area contributed by atoms with Crippen molar-refractivity contribution in [2.45, 2.75) is 6.04 Å². The van der Waals surface area contributed by atoms with Gasteiger partial charge in [-0.15, -0.1) is 24.0 Å². The Morgan fingerprint density at radius 1 is 0.913 bits per heavy atom. The van der Waals surface area contributed by atoms with Gasteiger partial charge in [0.05, 0.1) is 0 Å². The van der Waals surface area contributed by atoms with Crippen LogP contribution in [0.2, 0.25) is 0 Å². The molecule has 23 heavy (non-hydrogen) atoms. The summed E-state index contributed by atoms with van der Waals surface area (Å²) in [6, 6.07) is 14.9. The van der Waals surface area contributed by atoms with Crippen LogP contribution in [0.15, 0.2) is 51.9 Å². The van der Waals surface area contributed by atoms with Crippen molar-refractivity contribution in [2.75, 3.05) is 13.1 Å². The van der Waals surface area contributed by atoms with Crippen LogP contribution in [0.5, 0.6) is 0 Å². The fraction of sp³-hybridized carbons (Fsp3) is 0.167. The number of halogens is 2. The molecule has 3 nitrogen and oxygen atoms in total. The predicted octanol–water partition coefficient (Wildman–Crippen LogP) is 4.19. The highest BCUT2D eigenvalue weighted by Crippen LogP contribution is 2.36. The molecule has 1 saturated heterocycles. The van der Waals surface area contributed by atoms with E-state index in [9.17, 15) is 0 Å². The average molecular weight is 482 g/mol. The Bertz CT molecular complexity index is 778. The Balaban J connectivity index is 0.00000156. The highest BCUT2D eigenvalue weighted by atomic mass is 127. The molecule has 1 aliphatic heterocycles. The van der Waals surface area contributed by atoms with Crippen LogP contribution < -0.4 is 10.6 Å². The van der Waals surface area contributed by atoms with Gasteiger partial charge in [-0.25, -0.2) is 4.99 Å². The number of nitrogens with zero attached hydrogens (tertiary/aromatic N) is 1. The van der Waals surface area contributed by atoms with Crippen molar-refractivity contribution >= 4 is 58.0 Å². The molecular weight excluding hydrogens is 465 g/mol. The van der Waals surface area contributed by atoms with Crippen LogP contribution in [0, 0.1) is 0 Å². The van der Waals surface area contributed by atoms with E-state index in [1.807, 2.05) is 0 Å². The summed E-state index contributed by atoms with van der Waals surface area (Å²) in [7, 11) is 0. The van der Waals surface area contributed by atoms with E-state index in [0.29, 0.717) is 0 Å². The van der Waals surface area contributed by atoms with Crippen LogP contribution in [0.1, 0.15) is 28.3 Å². The molecule has 0 radical (unpaired) electrons. The van der Waals surface area contributed by atoms with Gasteiger partial charge in [0.1, 0.15) is 6.04 Å². The molecule has 4 rings (SSSR count). The Hall–Kier alpha value is -1.34. The minimum absolute atomic E-state index is 0. The molecule has 1 heterocycles. The van der Waals surface area contributed by atoms with Crippen LogP contribution in [0.25, 0.3) is 12.2 Å². The summed E-state index contributed by atoms with van der Waals surface area (Å²) >= 11 is 3.59. The SMILES string of the molecule is Brc1ccc2c(c1)C(N=C1NCCN1)c1ccccc1C=C2.I. The van der Waals surface area contributed by atoms with Crippen LogP contribution >= 0.6 is 39.9 Å². The van der Waals surface area contributed by atoms with Crippen molar-refractivity contribution < 1.29 is 0 Å². The molecule has 0 bridgehead atoms. The van der Waals surface area contributed by atoms with Crippen LogP contribution in [0.3, 0.4) is 0 Å². The van der Waals surface area contributed by atoms with Crippen LogP contribution in [-0.4, -0.2) is 19.0 Å². The summed E-state index contributed by atoms with van der Waals surface area (Å²) in [5.74, 6) is 0.882. The van der Waals surface area contributed by atoms with E-state index in [0.717, 1.165) is 23.5 Å². The topological polar surface area (TPSA) is 36.4 Å². The van der Waals surface area contributed by atoms with Gasteiger partial charge in [-0.3, -0.25) is 0 Å². The normalized spacial score (nSPS) is 18.0. The number of aliphatic imine (C=N–C) groups is 1. The van der Waals surface area contributed by atoms with Crippen molar-refractivity contribution in [3.63, 3.8) is 0 Å². The lowest BCUT2D eigenvalue weighted by Gasteiger charge is -2.17. The monoisotopic (exact) mass is 481 g/mol. The quantitative estimate of drug-likeness (QED) is 0.599. The maximum absolute atomic E-state index is 4.95. The molecule has 1 atom stereocenters. The van der Waals surface area contributed by atoms with Crippen molar-refractivity contribution in [1.82, 2.24) is 10.6 Å². The van der Waals surface area contributed by atoms with Gasteiger partial charge >= 0.3 is 0 Å². The van der Waals surface area contributed by atoms with Crippen LogP contribution in [-0.2, 0) is 0 Å². The number of nitrogens with one attached hydrogen (secondary N) is 2. The van der Waals surface area contributed by atoms with E-state index >= 15 is 0 Å². The molecule has 0 amide bonds. The lowest BCUT2D eigenvalue weighted by molar-refractivity contribution is 0.851. The first kappa shape index (κ1) is 16.5. The Morgan fingerprint density at radius 3 is 2.39 bits per heavy atom. The third kappa shape index (κ3) is 3.30. The second kappa shape index (κ2) is 7.05. The fourth-order valence-electron chi connectivity index (χ4n) is 2.98. The van der Waals surface area contributed by atoms with Crippen molar-refractivity contribution in [1.29, 1.82) is 0 Å². The molecular formula is C18H17BrIN3. The molecule has 1 aliphatic carbocycles. The smallest absolute Gasteiger partial charge is 0.192 e. The van der Waals surface area contributed by atoms with Gasteiger partial charge < -0.3 is 10.6 Å². The molecule has 0 saturated carbocycles. The van der Waals surface area contributed by atoms with Gasteiger partial charge in [0.2, 0.25) is 0 Å². The molecule has 5 heteroatoms. The van der Waals surface area contributed by atoms with Crippen LogP contribution in [0.4, 0.5) is 0 Å². The van der Waals surface area contributed by atoms with Gasteiger partial charge in [-0.2, -0.15) is 0 Å². The maximum Gasteiger partial charge on any atom is 0.192 e. The summed E-state index contributed by atoms with van der Waals surface area (Å²) in [5.41, 5.74) is 4.89. The lowest BCUT2D eigenvalue weighted by atomic mass is 9.95. The van der Waals surface area contributed by atoms with Gasteiger partial charge in [0.25, 0.3) is 0 Å². The van der Waals surface area contributed by atoms with Gasteiger partial charge in [0.15, 0.2) is 5.96 Å². The maximum atomic E-state index is 4.95. The number of benzene rings is 2. The summed E-state index contributed by atoms with van der Waals surface area (Å²) < 4.78 is 1.08. The Kier molecular flexibility index (Phi) is 5.06. The largest absolute Gasteiger partial charge is 0.355 e. The number of hydrogen-bond donors (Lipinski definition) is 2. The van der Waals surface area contributed by atoms with Crippen molar-refractivity contribution in [3.8, 4) is 0 Å². The number of hydrogen-bond acceptors (Lipinski definition) is 1. The predicted molar refractivity (Wildman–Crippen MR) is 110 cm³/mol. The molecule has 2 N–H and O–H groups in total. The van der Waals surface area contributed by atoms with E-state index in [4.69, 9.17) is 4.99 Å². The number of fused-ring (bicyclic) bond motifs is 2. The summed E-state index contributed by atoms with van der Waals surface area (Å²) in [5, 5.41) is 6.61. The number of rotatable bonds is 1. The molecule has 0 spiro atoms. The molecule has 2 aromatic carbocycles. The molecule has 2 aromatic rings. The van der Waals surface area contributed by atoms with Crippen molar-refractivity contribution in [3.05, 3.63) is 69.2 Å². The zero-order valence-electron chi connectivity index (χ0n) is 12.4. The van der Waals surface area contributed by atoms with E-state index < -0.39 is 0 Å². The minimum Gasteiger partial charge on any atom is -0.355 e. The van der Waals surface area contributed by atoms with E-state index in [1.165, 1.54) is 22.3 Å². The standard InChI is InChI=1S/C18H16BrN3.HI/c19-14-8-7-13-6-5-12-3-1-2-4-15(12)17(16(13)11-14)22-18-20-9-10-21-18;/h1-8,11,17H,9-10H2,(H2,20,21,22);1H. The van der Waals surface area contributed by atoms with E-state index in [1.54, 1.807) is 0 Å². The third-order valence-electron chi connectivity index (χ3n) is 4.04. The minimum atomic E-state index is -0.00759. The second-order valence-corrected chi connectivity index (χ2v) is 6.38. The Labute approximate surface area is 161 Å². The third-order valence-corrected chi connectivity index (χ3v) is 4.54. The highest BCUT2D eigenvalue weighted by Gasteiger charge is 2.22. The van der Waals surface area contributed by atoms with Crippen molar-refractivity contribution in [2.24, 2.45) is 4.99 Å². The van der Waals surface area contributed by atoms with Gasteiger partial charge in [-0.1, -0.05) is 58.4 Å². The molecule has 1 fully saturated rings. The lowest BCUT2D eigenvalue weighted by Crippen LogP contribution is -2.25. The fourth-order valence-corrected chi connectivity index (χ4v) is 3.36. The summed E-state index contributed by atoms with van der Waals surface area (Å²) in [6.45, 7) is 1.85. The van der Waals surface area contributed by atoms with Gasteiger partial charge in [-0.05, 0) is 34.4 Å². The van der Waals surface area contributed by atoms with Gasteiger partial charge in [0, 0.05) is 17.6 Å². The Morgan fingerprint density at radius 2 is 1.61 bits per heavy atom. The molecule has 118 valence electrons. The first-order valence-electron chi connectivity index (χ1n) is 7.43. The summed E-state index contributed by atoms with van der Waals surface area (Å²) in [6.07, 6.45) is 4.36. The first-order valence-corrected chi connectivity index (χ1v) is 8.22. The van der Waals surface area contributed by atoms with E-state index in [-0.39, 0.29) is 30.0 Å². The molecule has 1 unspecified atom stereocenters. The highest BCUT2D eigenvalue weighted by molar-refractivity contribution is 14.0. The zero-order valence-corrected chi connectivity index (χ0v) is 16.3. The first-order chi connectivity index (χ1) is 10.8. The number of guanidine groups is 1. The zero-order chi connectivity index (χ0) is 14.9. The average Bonchev–Trinajstić information content (AvgIpc) is 3.00. The van der Waals surface area contributed by atoms with E-state index in [2.05, 4.69) is 81.2 Å². The second-order valence-electron chi connectivity index (χ2n) is 5.47. The molecule has 2 aliphatic rings. The summed E-state index contributed by atoms with van der Waals surface area (Å²) in [4.78, 5) is 4.95. The molecule has 0 aromatic heterocycles.